The molecule has 0 fully saturated rings. The third-order valence-electron chi connectivity index (χ3n) is 2.82. The van der Waals surface area contributed by atoms with Crippen molar-refractivity contribution in [1.82, 2.24) is 9.78 Å². The molecule has 1 aromatic rings. The van der Waals surface area contributed by atoms with Crippen LogP contribution in [0.4, 0.5) is 13.2 Å². The van der Waals surface area contributed by atoms with Crippen molar-refractivity contribution in [2.45, 2.75) is 38.4 Å². The van der Waals surface area contributed by atoms with Crippen molar-refractivity contribution in [2.24, 2.45) is 0 Å². The van der Waals surface area contributed by atoms with E-state index in [0.717, 1.165) is 12.8 Å². The molecule has 1 aliphatic heterocycles. The fraction of sp³-hybridized carbons (Fsp3) is 0.600. The van der Waals surface area contributed by atoms with Crippen LogP contribution in [0.5, 0.6) is 0 Å². The van der Waals surface area contributed by atoms with Crippen molar-refractivity contribution in [2.75, 3.05) is 0 Å². The van der Waals surface area contributed by atoms with Crippen LogP contribution >= 0.6 is 0 Å². The van der Waals surface area contributed by atoms with Crippen LogP contribution in [0.3, 0.4) is 0 Å². The highest BCUT2D eigenvalue weighted by atomic mass is 19.4. The van der Waals surface area contributed by atoms with Gasteiger partial charge in [0.25, 0.3) is 0 Å². The van der Waals surface area contributed by atoms with Crippen LogP contribution in [0, 0.1) is 0 Å². The topological polar surface area (TPSA) is 55.1 Å². The van der Waals surface area contributed by atoms with Crippen molar-refractivity contribution >= 4 is 5.97 Å². The largest absolute Gasteiger partial charge is 0.478 e. The Morgan fingerprint density at radius 2 is 2.00 bits per heavy atom. The first-order valence-corrected chi connectivity index (χ1v) is 5.31. The number of hydrogen-bond acceptors (Lipinski definition) is 2. The predicted molar refractivity (Wildman–Crippen MR) is 51.7 cm³/mol. The zero-order valence-electron chi connectivity index (χ0n) is 8.92. The Morgan fingerprint density at radius 1 is 1.29 bits per heavy atom. The van der Waals surface area contributed by atoms with Crippen molar-refractivity contribution in [3.05, 3.63) is 17.0 Å². The Hall–Kier alpha value is -1.53. The Bertz CT molecular complexity index is 451. The van der Waals surface area contributed by atoms with Gasteiger partial charge < -0.3 is 5.11 Å². The maximum absolute atomic E-state index is 12.7. The second kappa shape index (κ2) is 4.05. The molecule has 17 heavy (non-hydrogen) atoms. The Kier molecular flexibility index (Phi) is 2.84. The molecule has 1 aromatic heterocycles. The third kappa shape index (κ3) is 2.13. The zero-order chi connectivity index (χ0) is 12.6. The second-order valence-electron chi connectivity index (χ2n) is 4.01. The van der Waals surface area contributed by atoms with Crippen molar-refractivity contribution in [3.63, 3.8) is 0 Å². The summed E-state index contributed by atoms with van der Waals surface area (Å²) in [5.74, 6) is -1.56. The second-order valence-corrected chi connectivity index (χ2v) is 4.01. The average Bonchev–Trinajstić information content (AvgIpc) is 2.43. The monoisotopic (exact) mass is 248 g/mol. The van der Waals surface area contributed by atoms with Gasteiger partial charge in [-0.1, -0.05) is 6.42 Å². The van der Waals surface area contributed by atoms with Gasteiger partial charge in [0, 0.05) is 6.54 Å². The predicted octanol–water partition coefficient (Wildman–Crippen LogP) is 2.33. The molecule has 0 unspecified atom stereocenters. The molecule has 0 saturated heterocycles. The summed E-state index contributed by atoms with van der Waals surface area (Å²) in [4.78, 5) is 11.0. The standard InChI is InChI=1S/C10H11F3N2O2/c11-10(12,13)8-7(9(16)17)6-4-2-1-3-5-15(6)14-8/h1-5H2,(H,16,17). The van der Waals surface area contributed by atoms with E-state index in [1.165, 1.54) is 4.68 Å². The molecule has 0 radical (unpaired) electrons. The molecule has 0 saturated carbocycles. The minimum absolute atomic E-state index is 0.197. The summed E-state index contributed by atoms with van der Waals surface area (Å²) >= 11 is 0. The fourth-order valence-electron chi connectivity index (χ4n) is 2.09. The smallest absolute Gasteiger partial charge is 0.436 e. The van der Waals surface area contributed by atoms with E-state index in [4.69, 9.17) is 5.11 Å². The molecule has 0 aliphatic carbocycles. The van der Waals surface area contributed by atoms with Gasteiger partial charge in [0.15, 0.2) is 5.69 Å². The summed E-state index contributed by atoms with van der Waals surface area (Å²) < 4.78 is 39.2. The Morgan fingerprint density at radius 3 is 2.59 bits per heavy atom. The van der Waals surface area contributed by atoms with E-state index in [-0.39, 0.29) is 5.69 Å². The number of hydrogen-bond donors (Lipinski definition) is 1. The minimum atomic E-state index is -4.72. The summed E-state index contributed by atoms with van der Waals surface area (Å²) in [7, 11) is 0. The van der Waals surface area contributed by atoms with E-state index in [0.29, 0.717) is 19.4 Å². The van der Waals surface area contributed by atoms with E-state index in [1.807, 2.05) is 0 Å². The van der Waals surface area contributed by atoms with E-state index in [2.05, 4.69) is 5.10 Å². The molecule has 94 valence electrons. The molecule has 4 nitrogen and oxygen atoms in total. The first-order valence-electron chi connectivity index (χ1n) is 5.31. The van der Waals surface area contributed by atoms with Crippen LogP contribution in [-0.2, 0) is 19.1 Å². The maximum atomic E-state index is 12.7. The third-order valence-corrected chi connectivity index (χ3v) is 2.82. The lowest BCUT2D eigenvalue weighted by atomic mass is 10.1. The maximum Gasteiger partial charge on any atom is 0.436 e. The molecule has 1 aliphatic rings. The first kappa shape index (κ1) is 11.9. The van der Waals surface area contributed by atoms with E-state index >= 15 is 0 Å². The molecule has 0 aromatic carbocycles. The lowest BCUT2D eigenvalue weighted by Crippen LogP contribution is -2.13. The van der Waals surface area contributed by atoms with E-state index < -0.39 is 23.4 Å². The van der Waals surface area contributed by atoms with Crippen molar-refractivity contribution in [3.8, 4) is 0 Å². The van der Waals surface area contributed by atoms with Gasteiger partial charge in [-0.05, 0) is 19.3 Å². The van der Waals surface area contributed by atoms with Gasteiger partial charge in [-0.3, -0.25) is 4.68 Å². The normalized spacial score (nSPS) is 16.4. The average molecular weight is 248 g/mol. The van der Waals surface area contributed by atoms with E-state index in [1.54, 1.807) is 0 Å². The highest BCUT2D eigenvalue weighted by Crippen LogP contribution is 2.34. The number of aromatic carboxylic acids is 1. The summed E-state index contributed by atoms with van der Waals surface area (Å²) in [6, 6.07) is 0. The minimum Gasteiger partial charge on any atom is -0.478 e. The number of halogens is 3. The van der Waals surface area contributed by atoms with Crippen LogP contribution in [0.2, 0.25) is 0 Å². The lowest BCUT2D eigenvalue weighted by molar-refractivity contribution is -0.142. The number of carboxylic acids is 1. The Labute approximate surface area is 95.0 Å². The number of aryl methyl sites for hydroxylation is 1. The molecular weight excluding hydrogens is 237 g/mol. The van der Waals surface area contributed by atoms with Gasteiger partial charge in [0.1, 0.15) is 5.56 Å². The van der Waals surface area contributed by atoms with Crippen LogP contribution in [-0.4, -0.2) is 20.9 Å². The number of alkyl halides is 3. The van der Waals surface area contributed by atoms with Crippen LogP contribution in [0.1, 0.15) is 41.0 Å². The highest BCUT2D eigenvalue weighted by Gasteiger charge is 2.41. The summed E-state index contributed by atoms with van der Waals surface area (Å²) in [5, 5.41) is 12.3. The first-order chi connectivity index (χ1) is 7.91. The number of rotatable bonds is 1. The van der Waals surface area contributed by atoms with Gasteiger partial charge in [0.2, 0.25) is 0 Å². The number of nitrogens with zero attached hydrogens (tertiary/aromatic N) is 2. The molecule has 1 N–H and O–H groups in total. The molecule has 2 rings (SSSR count). The van der Waals surface area contributed by atoms with Crippen LogP contribution < -0.4 is 0 Å². The number of fused-ring (bicyclic) bond motifs is 1. The number of aromatic nitrogens is 2. The zero-order valence-corrected chi connectivity index (χ0v) is 8.92. The summed E-state index contributed by atoms with van der Waals surface area (Å²) in [5.41, 5.74) is -1.76. The lowest BCUT2D eigenvalue weighted by Gasteiger charge is -2.04. The SMILES string of the molecule is O=C(O)c1c(C(F)(F)F)nn2c1CCCCC2. The molecule has 0 spiro atoms. The van der Waals surface area contributed by atoms with E-state index in [9.17, 15) is 18.0 Å². The molecule has 2 heterocycles. The Balaban J connectivity index is 2.58. The number of carboxylic acid groups (broad SMARTS) is 1. The molecular formula is C10H11F3N2O2. The van der Waals surface area contributed by atoms with Crippen molar-refractivity contribution < 1.29 is 23.1 Å². The highest BCUT2D eigenvalue weighted by molar-refractivity contribution is 5.90. The van der Waals surface area contributed by atoms with Crippen LogP contribution in [0.25, 0.3) is 0 Å². The van der Waals surface area contributed by atoms with Gasteiger partial charge in [-0.15, -0.1) is 0 Å². The quantitative estimate of drug-likeness (QED) is 0.829. The summed E-state index contributed by atoms with van der Waals surface area (Å²) in [6.07, 6.45) is -2.07. The van der Waals surface area contributed by atoms with Gasteiger partial charge >= 0.3 is 12.1 Å². The van der Waals surface area contributed by atoms with Gasteiger partial charge in [-0.25, -0.2) is 4.79 Å². The molecule has 0 amide bonds. The van der Waals surface area contributed by atoms with Crippen molar-refractivity contribution in [1.29, 1.82) is 0 Å². The van der Waals surface area contributed by atoms with Gasteiger partial charge in [-0.2, -0.15) is 18.3 Å². The summed E-state index contributed by atoms with van der Waals surface area (Å²) in [6.45, 7) is 0.353. The van der Waals surface area contributed by atoms with Crippen LogP contribution in [0.15, 0.2) is 0 Å². The molecule has 0 atom stereocenters. The molecule has 7 heteroatoms. The fourth-order valence-corrected chi connectivity index (χ4v) is 2.09. The number of carbonyl (C=O) groups is 1. The van der Waals surface area contributed by atoms with Gasteiger partial charge in [0.05, 0.1) is 5.69 Å². The molecule has 0 bridgehead atoms.